The first-order valence-corrected chi connectivity index (χ1v) is 3.86. The van der Waals surface area contributed by atoms with Gasteiger partial charge in [-0.1, -0.05) is 6.92 Å². The first kappa shape index (κ1) is 8.77. The van der Waals surface area contributed by atoms with Crippen LogP contribution in [0.5, 0.6) is 0 Å². The molecule has 0 bridgehead atoms. The largest absolute Gasteiger partial charge is 0.424 e. The first-order valence-electron chi connectivity index (χ1n) is 3.86. The van der Waals surface area contributed by atoms with Gasteiger partial charge in [-0.15, -0.1) is 4.73 Å². The van der Waals surface area contributed by atoms with E-state index in [1.54, 1.807) is 13.8 Å². The number of aryl methyl sites for hydroxylation is 1. The van der Waals surface area contributed by atoms with E-state index in [0.717, 1.165) is 12.0 Å². The highest BCUT2D eigenvalue weighted by Gasteiger charge is 2.07. The van der Waals surface area contributed by atoms with Crippen LogP contribution in [0.3, 0.4) is 0 Å². The molecule has 0 atom stereocenters. The van der Waals surface area contributed by atoms with E-state index in [9.17, 15) is 10.0 Å². The number of aromatic nitrogens is 2. The molecule has 1 N–H and O–H groups in total. The highest BCUT2D eigenvalue weighted by atomic mass is 16.5. The number of nitrogens with zero attached hydrogens (tertiary/aromatic N) is 2. The monoisotopic (exact) mass is 168 g/mol. The van der Waals surface area contributed by atoms with Crippen LogP contribution in [0.4, 0.5) is 0 Å². The van der Waals surface area contributed by atoms with Crippen LogP contribution in [0, 0.1) is 13.8 Å². The van der Waals surface area contributed by atoms with Gasteiger partial charge < -0.3 is 5.21 Å². The Balaban J connectivity index is 3.51. The van der Waals surface area contributed by atoms with E-state index >= 15 is 0 Å². The fourth-order valence-electron chi connectivity index (χ4n) is 1.30. The van der Waals surface area contributed by atoms with Gasteiger partial charge in [0.15, 0.2) is 0 Å². The first-order chi connectivity index (χ1) is 5.57. The summed E-state index contributed by atoms with van der Waals surface area (Å²) < 4.78 is 0.589. The van der Waals surface area contributed by atoms with Crippen LogP contribution in [0.2, 0.25) is 0 Å². The van der Waals surface area contributed by atoms with E-state index in [2.05, 4.69) is 4.98 Å². The van der Waals surface area contributed by atoms with Gasteiger partial charge in [-0.3, -0.25) is 0 Å². The van der Waals surface area contributed by atoms with Gasteiger partial charge in [-0.25, -0.2) is 4.79 Å². The molecule has 0 aliphatic rings. The Morgan fingerprint density at radius 3 is 2.58 bits per heavy atom. The zero-order valence-electron chi connectivity index (χ0n) is 7.46. The third-order valence-electron chi connectivity index (χ3n) is 1.99. The third-order valence-corrected chi connectivity index (χ3v) is 1.99. The molecule has 1 aromatic rings. The molecule has 0 saturated heterocycles. The Bertz CT molecular complexity index is 355. The zero-order chi connectivity index (χ0) is 9.30. The maximum Gasteiger partial charge on any atom is 0.380 e. The Labute approximate surface area is 70.5 Å². The summed E-state index contributed by atoms with van der Waals surface area (Å²) in [6.45, 7) is 5.43. The molecule has 0 amide bonds. The maximum absolute atomic E-state index is 10.9. The normalized spacial score (nSPS) is 10.2. The molecule has 0 aliphatic heterocycles. The van der Waals surface area contributed by atoms with Gasteiger partial charge in [0.05, 0.1) is 5.69 Å². The molecular weight excluding hydrogens is 156 g/mol. The molecule has 1 aromatic heterocycles. The van der Waals surface area contributed by atoms with Crippen molar-refractivity contribution in [1.82, 2.24) is 9.71 Å². The molecule has 0 saturated carbocycles. The van der Waals surface area contributed by atoms with Crippen molar-refractivity contribution in [1.29, 1.82) is 0 Å². The second-order valence-corrected chi connectivity index (χ2v) is 2.71. The average molecular weight is 168 g/mol. The minimum absolute atomic E-state index is 0.579. The second-order valence-electron chi connectivity index (χ2n) is 2.71. The minimum Gasteiger partial charge on any atom is -0.424 e. The van der Waals surface area contributed by atoms with Gasteiger partial charge in [0.1, 0.15) is 0 Å². The summed E-state index contributed by atoms with van der Waals surface area (Å²) in [5.41, 5.74) is 1.60. The van der Waals surface area contributed by atoms with Crippen molar-refractivity contribution in [3.63, 3.8) is 0 Å². The van der Waals surface area contributed by atoms with E-state index in [1.807, 2.05) is 6.92 Å². The van der Waals surface area contributed by atoms with Crippen LogP contribution in [0.25, 0.3) is 0 Å². The molecule has 0 radical (unpaired) electrons. The van der Waals surface area contributed by atoms with Crippen LogP contribution in [-0.2, 0) is 6.42 Å². The summed E-state index contributed by atoms with van der Waals surface area (Å²) in [6, 6.07) is 0. The Morgan fingerprint density at radius 1 is 1.50 bits per heavy atom. The third kappa shape index (κ3) is 1.20. The lowest BCUT2D eigenvalue weighted by molar-refractivity contribution is 0.162. The standard InChI is InChI=1S/C8H12N2O2/c1-4-7-5(2)9-8(11)10(12)6(7)3/h12H,4H2,1-3H3. The minimum atomic E-state index is -0.609. The molecule has 1 heterocycles. The summed E-state index contributed by atoms with van der Waals surface area (Å²) in [7, 11) is 0. The van der Waals surface area contributed by atoms with Crippen molar-refractivity contribution in [3.05, 3.63) is 27.4 Å². The topological polar surface area (TPSA) is 55.1 Å². The molecule has 0 unspecified atom stereocenters. The molecule has 0 spiro atoms. The predicted octanol–water partition coefficient (Wildman–Crippen LogP) is 0.660. The lowest BCUT2D eigenvalue weighted by Gasteiger charge is -2.07. The van der Waals surface area contributed by atoms with Gasteiger partial charge in [0.25, 0.3) is 0 Å². The number of hydrogen-bond donors (Lipinski definition) is 1. The zero-order valence-corrected chi connectivity index (χ0v) is 7.46. The fraction of sp³-hybridized carbons (Fsp3) is 0.500. The fourth-order valence-corrected chi connectivity index (χ4v) is 1.30. The molecule has 12 heavy (non-hydrogen) atoms. The molecular formula is C8H12N2O2. The lowest BCUT2D eigenvalue weighted by Crippen LogP contribution is -2.25. The lowest BCUT2D eigenvalue weighted by atomic mass is 10.1. The SMILES string of the molecule is CCc1c(C)nc(=O)n(O)c1C. The summed E-state index contributed by atoms with van der Waals surface area (Å²) in [5, 5.41) is 9.18. The van der Waals surface area contributed by atoms with Gasteiger partial charge in [-0.05, 0) is 25.8 Å². The van der Waals surface area contributed by atoms with Crippen molar-refractivity contribution in [3.8, 4) is 0 Å². The van der Waals surface area contributed by atoms with Gasteiger partial charge in [0, 0.05) is 5.69 Å². The second kappa shape index (κ2) is 2.97. The van der Waals surface area contributed by atoms with Crippen molar-refractivity contribution < 1.29 is 5.21 Å². The number of hydrogen-bond acceptors (Lipinski definition) is 3. The van der Waals surface area contributed by atoms with Crippen LogP contribution >= 0.6 is 0 Å². The predicted molar refractivity (Wildman–Crippen MR) is 44.5 cm³/mol. The summed E-state index contributed by atoms with van der Waals surface area (Å²) >= 11 is 0. The molecule has 1 rings (SSSR count). The molecule has 0 aromatic carbocycles. The van der Waals surface area contributed by atoms with Gasteiger partial charge in [-0.2, -0.15) is 4.98 Å². The van der Waals surface area contributed by atoms with Crippen molar-refractivity contribution >= 4 is 0 Å². The molecule has 4 heteroatoms. The van der Waals surface area contributed by atoms with Crippen LogP contribution < -0.4 is 5.69 Å². The molecule has 0 aliphatic carbocycles. The summed E-state index contributed by atoms with van der Waals surface area (Å²) in [6.07, 6.45) is 0.769. The number of rotatable bonds is 1. The maximum atomic E-state index is 10.9. The Hall–Kier alpha value is -1.32. The average Bonchev–Trinajstić information content (AvgIpc) is 2.01. The molecule has 4 nitrogen and oxygen atoms in total. The highest BCUT2D eigenvalue weighted by molar-refractivity contribution is 5.22. The van der Waals surface area contributed by atoms with Crippen molar-refractivity contribution in [2.24, 2.45) is 0 Å². The van der Waals surface area contributed by atoms with Crippen LogP contribution in [0.15, 0.2) is 4.79 Å². The van der Waals surface area contributed by atoms with Crippen LogP contribution in [-0.4, -0.2) is 14.9 Å². The summed E-state index contributed by atoms with van der Waals surface area (Å²) in [4.78, 5) is 14.6. The van der Waals surface area contributed by atoms with Crippen LogP contribution in [0.1, 0.15) is 23.9 Å². The quantitative estimate of drug-likeness (QED) is 0.627. The van der Waals surface area contributed by atoms with Gasteiger partial charge in [0.2, 0.25) is 0 Å². The molecule has 0 fully saturated rings. The Morgan fingerprint density at radius 2 is 2.08 bits per heavy atom. The molecule has 66 valence electrons. The highest BCUT2D eigenvalue weighted by Crippen LogP contribution is 2.07. The van der Waals surface area contributed by atoms with E-state index in [1.165, 1.54) is 0 Å². The Kier molecular flexibility index (Phi) is 2.17. The van der Waals surface area contributed by atoms with E-state index in [4.69, 9.17) is 0 Å². The smallest absolute Gasteiger partial charge is 0.380 e. The summed E-state index contributed by atoms with van der Waals surface area (Å²) in [5.74, 6) is 0. The van der Waals surface area contributed by atoms with E-state index in [0.29, 0.717) is 16.1 Å². The van der Waals surface area contributed by atoms with Crippen molar-refractivity contribution in [2.75, 3.05) is 0 Å². The van der Waals surface area contributed by atoms with Crippen molar-refractivity contribution in [2.45, 2.75) is 27.2 Å². The van der Waals surface area contributed by atoms with E-state index < -0.39 is 5.69 Å². The van der Waals surface area contributed by atoms with E-state index in [-0.39, 0.29) is 0 Å². The van der Waals surface area contributed by atoms with Gasteiger partial charge >= 0.3 is 5.69 Å².